The van der Waals surface area contributed by atoms with Crippen LogP contribution in [0.5, 0.6) is 11.5 Å². The molecule has 1 aliphatic rings. The topological polar surface area (TPSA) is 55.8 Å². The molecule has 0 bridgehead atoms. The van der Waals surface area contributed by atoms with E-state index < -0.39 is 24.2 Å². The van der Waals surface area contributed by atoms with Crippen molar-refractivity contribution in [1.82, 2.24) is 0 Å². The lowest BCUT2D eigenvalue weighted by molar-refractivity contribution is -0.217. The number of fused-ring (bicyclic) bond motifs is 1. The van der Waals surface area contributed by atoms with Crippen molar-refractivity contribution < 1.29 is 32.5 Å². The van der Waals surface area contributed by atoms with Crippen LogP contribution in [0.1, 0.15) is 5.56 Å². The van der Waals surface area contributed by atoms with Crippen LogP contribution in [0.3, 0.4) is 0 Å². The molecule has 2 rings (SSSR count). The van der Waals surface area contributed by atoms with Crippen LogP contribution < -0.4 is 9.47 Å². The fourth-order valence-corrected chi connectivity index (χ4v) is 2.36. The molecule has 2 atom stereocenters. The van der Waals surface area contributed by atoms with Crippen molar-refractivity contribution in [2.45, 2.75) is 18.7 Å². The van der Waals surface area contributed by atoms with E-state index >= 15 is 0 Å². The number of rotatable bonds is 2. The van der Waals surface area contributed by atoms with Crippen molar-refractivity contribution in [3.8, 4) is 11.5 Å². The summed E-state index contributed by atoms with van der Waals surface area (Å²) >= 11 is 5.81. The summed E-state index contributed by atoms with van der Waals surface area (Å²) in [7, 11) is 1.27. The third kappa shape index (κ3) is 2.63. The van der Waals surface area contributed by atoms with E-state index in [1.807, 2.05) is 0 Å². The standard InChI is InChI=1S/C12H10ClF3O4/c1-19-8-4-6(13)2-5-3-7(11(17)18)10(12(14,15)16)20-9(5)8/h2,4,7,10H,3H2,1H3,(H,17,18)/t7-,10-/m0/s1. The number of hydrogen-bond donors (Lipinski definition) is 1. The van der Waals surface area contributed by atoms with Gasteiger partial charge in [-0.1, -0.05) is 11.6 Å². The van der Waals surface area contributed by atoms with Crippen LogP contribution in [0.25, 0.3) is 0 Å². The van der Waals surface area contributed by atoms with Gasteiger partial charge >= 0.3 is 12.1 Å². The Labute approximate surface area is 117 Å². The molecule has 4 nitrogen and oxygen atoms in total. The highest BCUT2D eigenvalue weighted by molar-refractivity contribution is 6.30. The lowest BCUT2D eigenvalue weighted by atomic mass is 9.90. The maximum atomic E-state index is 12.9. The molecule has 8 heteroatoms. The highest BCUT2D eigenvalue weighted by Crippen LogP contribution is 2.44. The zero-order valence-corrected chi connectivity index (χ0v) is 11.0. The summed E-state index contributed by atoms with van der Waals surface area (Å²) in [4.78, 5) is 11.0. The summed E-state index contributed by atoms with van der Waals surface area (Å²) in [5, 5.41) is 9.18. The first-order valence-corrected chi connectivity index (χ1v) is 5.94. The number of methoxy groups -OCH3 is 1. The van der Waals surface area contributed by atoms with Gasteiger partial charge in [0.1, 0.15) is 5.92 Å². The highest BCUT2D eigenvalue weighted by atomic mass is 35.5. The van der Waals surface area contributed by atoms with Gasteiger partial charge in [-0.15, -0.1) is 0 Å². The molecule has 20 heavy (non-hydrogen) atoms. The fourth-order valence-electron chi connectivity index (χ4n) is 2.12. The minimum absolute atomic E-state index is 0.0468. The summed E-state index contributed by atoms with van der Waals surface area (Å²) in [5.74, 6) is -3.36. The van der Waals surface area contributed by atoms with E-state index in [-0.39, 0.29) is 28.5 Å². The quantitative estimate of drug-likeness (QED) is 0.912. The fraction of sp³-hybridized carbons (Fsp3) is 0.417. The minimum atomic E-state index is -4.79. The molecule has 1 aromatic carbocycles. The van der Waals surface area contributed by atoms with Gasteiger partial charge in [0.2, 0.25) is 6.10 Å². The second kappa shape index (κ2) is 5.05. The Balaban J connectivity index is 2.50. The van der Waals surface area contributed by atoms with Crippen molar-refractivity contribution in [1.29, 1.82) is 0 Å². The first-order valence-electron chi connectivity index (χ1n) is 5.56. The Bertz CT molecular complexity index is 544. The number of hydrogen-bond acceptors (Lipinski definition) is 3. The van der Waals surface area contributed by atoms with Gasteiger partial charge in [0.05, 0.1) is 7.11 Å². The van der Waals surface area contributed by atoms with Crippen LogP contribution >= 0.6 is 11.6 Å². The van der Waals surface area contributed by atoms with Crippen LogP contribution in [-0.4, -0.2) is 30.5 Å². The van der Waals surface area contributed by atoms with Crippen LogP contribution in [0, 0.1) is 5.92 Å². The van der Waals surface area contributed by atoms with Crippen molar-refractivity contribution in [3.05, 3.63) is 22.7 Å². The molecule has 1 aliphatic heterocycles. The van der Waals surface area contributed by atoms with E-state index in [4.69, 9.17) is 26.2 Å². The summed E-state index contributed by atoms with van der Waals surface area (Å²) in [6, 6.07) is 2.69. The molecule has 0 aliphatic carbocycles. The number of carbonyl (C=O) groups is 1. The number of carboxylic acids is 1. The lowest BCUT2D eigenvalue weighted by Crippen LogP contribution is -2.47. The summed E-state index contributed by atoms with van der Waals surface area (Å²) in [6.45, 7) is 0. The smallest absolute Gasteiger partial charge is 0.426 e. The largest absolute Gasteiger partial charge is 0.493 e. The van der Waals surface area contributed by atoms with Gasteiger partial charge in [-0.05, 0) is 12.5 Å². The van der Waals surface area contributed by atoms with Crippen molar-refractivity contribution >= 4 is 17.6 Å². The molecule has 0 amide bonds. The first-order chi connectivity index (χ1) is 9.24. The first kappa shape index (κ1) is 14.8. The summed E-state index contributed by atoms with van der Waals surface area (Å²) < 4.78 is 48.5. The van der Waals surface area contributed by atoms with Crippen LogP contribution in [-0.2, 0) is 11.2 Å². The van der Waals surface area contributed by atoms with Gasteiger partial charge in [0.25, 0.3) is 0 Å². The Morgan fingerprint density at radius 1 is 1.50 bits per heavy atom. The molecule has 1 heterocycles. The number of benzene rings is 1. The predicted octanol–water partition coefficient (Wildman–Crippen LogP) is 2.92. The molecule has 1 aromatic rings. The van der Waals surface area contributed by atoms with Crippen LogP contribution in [0.4, 0.5) is 13.2 Å². The maximum absolute atomic E-state index is 12.9. The molecule has 0 unspecified atom stereocenters. The molecular formula is C12H10ClF3O4. The number of ether oxygens (including phenoxy) is 2. The Kier molecular flexibility index (Phi) is 3.73. The van der Waals surface area contributed by atoms with Gasteiger partial charge in [-0.3, -0.25) is 4.79 Å². The number of aliphatic carboxylic acids is 1. The maximum Gasteiger partial charge on any atom is 0.426 e. The van der Waals surface area contributed by atoms with Crippen molar-refractivity contribution in [3.63, 3.8) is 0 Å². The van der Waals surface area contributed by atoms with Gasteiger partial charge in [-0.2, -0.15) is 13.2 Å². The van der Waals surface area contributed by atoms with Gasteiger partial charge in [-0.25, -0.2) is 0 Å². The minimum Gasteiger partial charge on any atom is -0.493 e. The number of carboxylic acid groups (broad SMARTS) is 1. The summed E-state index contributed by atoms with van der Waals surface area (Å²) in [6.07, 6.45) is -7.53. The SMILES string of the molecule is COc1cc(Cl)cc2c1O[C@H](C(F)(F)F)[C@@H](C(=O)O)C2. The molecule has 0 aromatic heterocycles. The van der Waals surface area contributed by atoms with Gasteiger partial charge in [0.15, 0.2) is 11.5 Å². The molecular weight excluding hydrogens is 301 g/mol. The van der Waals surface area contributed by atoms with E-state index in [2.05, 4.69) is 0 Å². The highest BCUT2D eigenvalue weighted by Gasteiger charge is 2.52. The average molecular weight is 311 g/mol. The van der Waals surface area contributed by atoms with Crippen molar-refractivity contribution in [2.24, 2.45) is 5.92 Å². The van der Waals surface area contributed by atoms with E-state index in [9.17, 15) is 18.0 Å². The molecule has 0 saturated carbocycles. The van der Waals surface area contributed by atoms with E-state index in [0.29, 0.717) is 0 Å². The number of alkyl halides is 3. The van der Waals surface area contributed by atoms with E-state index in [1.165, 1.54) is 19.2 Å². The zero-order chi connectivity index (χ0) is 15.1. The molecule has 0 saturated heterocycles. The Morgan fingerprint density at radius 3 is 2.65 bits per heavy atom. The molecule has 1 N–H and O–H groups in total. The van der Waals surface area contributed by atoms with Gasteiger partial charge < -0.3 is 14.6 Å². The van der Waals surface area contributed by atoms with Crippen LogP contribution in [0.2, 0.25) is 5.02 Å². The lowest BCUT2D eigenvalue weighted by Gasteiger charge is -2.33. The third-order valence-corrected chi connectivity index (χ3v) is 3.22. The molecule has 110 valence electrons. The zero-order valence-electron chi connectivity index (χ0n) is 10.2. The summed E-state index contributed by atoms with van der Waals surface area (Å²) in [5.41, 5.74) is 0.280. The number of halogens is 4. The normalized spacial score (nSPS) is 21.9. The van der Waals surface area contributed by atoms with Crippen LogP contribution in [0.15, 0.2) is 12.1 Å². The average Bonchev–Trinajstić information content (AvgIpc) is 2.34. The second-order valence-electron chi connectivity index (χ2n) is 4.33. The Hall–Kier alpha value is -1.63. The van der Waals surface area contributed by atoms with E-state index in [1.54, 1.807) is 0 Å². The Morgan fingerprint density at radius 2 is 2.15 bits per heavy atom. The molecule has 0 radical (unpaired) electrons. The third-order valence-electron chi connectivity index (χ3n) is 3.01. The predicted molar refractivity (Wildman–Crippen MR) is 63.3 cm³/mol. The molecule has 0 fully saturated rings. The van der Waals surface area contributed by atoms with Crippen molar-refractivity contribution in [2.75, 3.05) is 7.11 Å². The monoisotopic (exact) mass is 310 g/mol. The van der Waals surface area contributed by atoms with Gasteiger partial charge in [0, 0.05) is 16.7 Å². The second-order valence-corrected chi connectivity index (χ2v) is 4.76. The molecule has 0 spiro atoms. The van der Waals surface area contributed by atoms with E-state index in [0.717, 1.165) is 0 Å².